The molecule has 6 heteroatoms. The van der Waals surface area contributed by atoms with E-state index in [2.05, 4.69) is 9.97 Å². The molecule has 0 bridgehead atoms. The molecule has 0 aliphatic heterocycles. The molecule has 0 aliphatic rings. The third-order valence-corrected chi connectivity index (χ3v) is 2.12. The van der Waals surface area contributed by atoms with E-state index in [1.807, 2.05) is 0 Å². The van der Waals surface area contributed by atoms with E-state index in [-0.39, 0.29) is 16.4 Å². The van der Waals surface area contributed by atoms with E-state index in [9.17, 15) is 13.2 Å². The molecule has 0 aliphatic carbocycles. The smallest absolute Gasteiger partial charge is 0.194 e. The van der Waals surface area contributed by atoms with Crippen LogP contribution in [0.2, 0.25) is 5.15 Å². The molecule has 82 valence electrons. The molecule has 0 amide bonds. The van der Waals surface area contributed by atoms with Crippen molar-refractivity contribution in [2.75, 3.05) is 0 Å². The fourth-order valence-corrected chi connectivity index (χ4v) is 1.34. The van der Waals surface area contributed by atoms with Crippen LogP contribution in [-0.2, 0) is 0 Å². The van der Waals surface area contributed by atoms with Gasteiger partial charge in [0.15, 0.2) is 17.5 Å². The first kappa shape index (κ1) is 10.9. The minimum atomic E-state index is -1.51. The minimum absolute atomic E-state index is 0.0979. The van der Waals surface area contributed by atoms with Crippen molar-refractivity contribution in [1.82, 2.24) is 9.97 Å². The molecule has 0 saturated heterocycles. The molecule has 1 heterocycles. The maximum atomic E-state index is 12.9. The third-order valence-electron chi connectivity index (χ3n) is 1.91. The fraction of sp³-hybridized carbons (Fsp3) is 0. The average molecular weight is 245 g/mol. The zero-order valence-electron chi connectivity index (χ0n) is 7.72. The Kier molecular flexibility index (Phi) is 2.78. The lowest BCUT2D eigenvalue weighted by atomic mass is 10.1. The van der Waals surface area contributed by atoms with Crippen LogP contribution in [0.5, 0.6) is 0 Å². The Hall–Kier alpha value is -1.62. The lowest BCUT2D eigenvalue weighted by Crippen LogP contribution is -1.93. The van der Waals surface area contributed by atoms with Crippen LogP contribution in [0.4, 0.5) is 13.2 Å². The molecule has 1 aromatic carbocycles. The maximum Gasteiger partial charge on any atom is 0.194 e. The van der Waals surface area contributed by atoms with Crippen LogP contribution in [-0.4, -0.2) is 9.97 Å². The summed E-state index contributed by atoms with van der Waals surface area (Å²) in [5, 5.41) is 0.134. The summed E-state index contributed by atoms with van der Waals surface area (Å²) in [5.41, 5.74) is 0.318. The Balaban J connectivity index is 2.57. The van der Waals surface area contributed by atoms with Gasteiger partial charge in [-0.2, -0.15) is 0 Å². The Labute approximate surface area is 93.7 Å². The molecule has 0 atom stereocenters. The molecule has 0 spiro atoms. The van der Waals surface area contributed by atoms with Gasteiger partial charge in [0.25, 0.3) is 0 Å². The topological polar surface area (TPSA) is 25.8 Å². The third kappa shape index (κ3) is 1.99. The average Bonchev–Trinajstić information content (AvgIpc) is 2.25. The van der Waals surface area contributed by atoms with E-state index in [4.69, 9.17) is 11.6 Å². The van der Waals surface area contributed by atoms with Crippen molar-refractivity contribution in [2.24, 2.45) is 0 Å². The SMILES string of the molecule is Fc1cc(-c2cc(Cl)ncn2)cc(F)c1F. The number of benzene rings is 1. The van der Waals surface area contributed by atoms with E-state index in [1.54, 1.807) is 0 Å². The largest absolute Gasteiger partial charge is 0.236 e. The summed E-state index contributed by atoms with van der Waals surface area (Å²) in [4.78, 5) is 7.39. The summed E-state index contributed by atoms with van der Waals surface area (Å²) in [6.45, 7) is 0. The van der Waals surface area contributed by atoms with Crippen molar-refractivity contribution in [1.29, 1.82) is 0 Å². The predicted molar refractivity (Wildman–Crippen MR) is 52.4 cm³/mol. The van der Waals surface area contributed by atoms with Gasteiger partial charge in [-0.05, 0) is 12.1 Å². The van der Waals surface area contributed by atoms with Crippen molar-refractivity contribution in [3.05, 3.63) is 47.1 Å². The second kappa shape index (κ2) is 4.09. The van der Waals surface area contributed by atoms with Crippen LogP contribution in [0.25, 0.3) is 11.3 Å². The van der Waals surface area contributed by atoms with Gasteiger partial charge in [0, 0.05) is 11.6 Å². The lowest BCUT2D eigenvalue weighted by molar-refractivity contribution is 0.447. The highest BCUT2D eigenvalue weighted by Gasteiger charge is 2.12. The number of nitrogens with zero attached hydrogens (tertiary/aromatic N) is 2. The first-order chi connectivity index (χ1) is 7.58. The van der Waals surface area contributed by atoms with Crippen molar-refractivity contribution in [3.8, 4) is 11.3 Å². The van der Waals surface area contributed by atoms with E-state index in [1.165, 1.54) is 6.07 Å². The zero-order valence-corrected chi connectivity index (χ0v) is 8.47. The molecule has 1 aromatic heterocycles. The van der Waals surface area contributed by atoms with Crippen LogP contribution >= 0.6 is 11.6 Å². The van der Waals surface area contributed by atoms with Crippen molar-refractivity contribution in [3.63, 3.8) is 0 Å². The summed E-state index contributed by atoms with van der Waals surface area (Å²) in [6, 6.07) is 3.02. The highest BCUT2D eigenvalue weighted by Crippen LogP contribution is 2.23. The molecule has 2 rings (SSSR count). The van der Waals surface area contributed by atoms with Gasteiger partial charge < -0.3 is 0 Å². The number of rotatable bonds is 1. The van der Waals surface area contributed by atoms with Gasteiger partial charge in [-0.15, -0.1) is 0 Å². The molecule has 2 aromatic rings. The van der Waals surface area contributed by atoms with Crippen molar-refractivity contribution in [2.45, 2.75) is 0 Å². The molecule has 16 heavy (non-hydrogen) atoms. The highest BCUT2D eigenvalue weighted by molar-refractivity contribution is 6.29. The molecular weight excluding hydrogens is 241 g/mol. The molecule has 0 unspecified atom stereocenters. The Morgan fingerprint density at radius 2 is 1.56 bits per heavy atom. The van der Waals surface area contributed by atoms with Crippen molar-refractivity contribution >= 4 is 11.6 Å². The molecule has 0 saturated carbocycles. The number of hydrogen-bond donors (Lipinski definition) is 0. The molecule has 2 nitrogen and oxygen atoms in total. The summed E-state index contributed by atoms with van der Waals surface area (Å²) < 4.78 is 38.6. The highest BCUT2D eigenvalue weighted by atomic mass is 35.5. The van der Waals surface area contributed by atoms with E-state index in [0.717, 1.165) is 18.5 Å². The van der Waals surface area contributed by atoms with E-state index in [0.29, 0.717) is 0 Å². The van der Waals surface area contributed by atoms with Gasteiger partial charge in [-0.25, -0.2) is 23.1 Å². The van der Waals surface area contributed by atoms with Crippen LogP contribution in [0.15, 0.2) is 24.5 Å². The maximum absolute atomic E-state index is 12.9. The summed E-state index contributed by atoms with van der Waals surface area (Å²) >= 11 is 5.59. The Bertz CT molecular complexity index is 522. The van der Waals surface area contributed by atoms with Gasteiger partial charge in [0.2, 0.25) is 0 Å². The Morgan fingerprint density at radius 1 is 0.938 bits per heavy atom. The second-order valence-corrected chi connectivity index (χ2v) is 3.37. The van der Waals surface area contributed by atoms with E-state index >= 15 is 0 Å². The first-order valence-electron chi connectivity index (χ1n) is 4.20. The first-order valence-corrected chi connectivity index (χ1v) is 4.58. The van der Waals surface area contributed by atoms with Crippen LogP contribution < -0.4 is 0 Å². The summed E-state index contributed by atoms with van der Waals surface area (Å²) in [5.74, 6) is -4.06. The van der Waals surface area contributed by atoms with Gasteiger partial charge >= 0.3 is 0 Å². The summed E-state index contributed by atoms with van der Waals surface area (Å²) in [7, 11) is 0. The monoisotopic (exact) mass is 244 g/mol. The molecule has 0 radical (unpaired) electrons. The second-order valence-electron chi connectivity index (χ2n) is 2.98. The van der Waals surface area contributed by atoms with Gasteiger partial charge in [-0.3, -0.25) is 0 Å². The minimum Gasteiger partial charge on any atom is -0.236 e. The van der Waals surface area contributed by atoms with Crippen molar-refractivity contribution < 1.29 is 13.2 Å². The zero-order chi connectivity index (χ0) is 11.7. The van der Waals surface area contributed by atoms with Crippen LogP contribution in [0, 0.1) is 17.5 Å². The molecule has 0 fully saturated rings. The summed E-state index contributed by atoms with van der Waals surface area (Å²) in [6.07, 6.45) is 1.15. The quantitative estimate of drug-likeness (QED) is 0.569. The number of hydrogen-bond acceptors (Lipinski definition) is 2. The normalized spacial score (nSPS) is 10.5. The Morgan fingerprint density at radius 3 is 2.12 bits per heavy atom. The van der Waals surface area contributed by atoms with Crippen LogP contribution in [0.1, 0.15) is 0 Å². The standard InChI is InChI=1S/C10H4ClF3N2/c11-9-3-8(15-4-16-9)5-1-6(12)10(14)7(13)2-5/h1-4H. The molecular formula is C10H4ClF3N2. The predicted octanol–water partition coefficient (Wildman–Crippen LogP) is 3.21. The van der Waals surface area contributed by atoms with Gasteiger partial charge in [0.05, 0.1) is 5.69 Å². The lowest BCUT2D eigenvalue weighted by Gasteiger charge is -2.02. The molecule has 0 N–H and O–H groups in total. The van der Waals surface area contributed by atoms with E-state index < -0.39 is 17.5 Å². The van der Waals surface area contributed by atoms with Gasteiger partial charge in [0.1, 0.15) is 11.5 Å². The number of aromatic nitrogens is 2. The number of halogens is 4. The van der Waals surface area contributed by atoms with Gasteiger partial charge in [-0.1, -0.05) is 11.6 Å². The van der Waals surface area contributed by atoms with Crippen LogP contribution in [0.3, 0.4) is 0 Å². The fourth-order valence-electron chi connectivity index (χ4n) is 1.19.